The van der Waals surface area contributed by atoms with Gasteiger partial charge in [-0.3, -0.25) is 13.9 Å². The minimum Gasteiger partial charge on any atom is -0.352 e. The average molecular weight is 661 g/mol. The van der Waals surface area contributed by atoms with Crippen LogP contribution in [0.15, 0.2) is 82.2 Å². The molecule has 0 aliphatic heterocycles. The number of hydrogen-bond donors (Lipinski definition) is 1. The maximum absolute atomic E-state index is 14.2. The maximum atomic E-state index is 14.2. The van der Waals surface area contributed by atoms with Crippen molar-refractivity contribution in [1.82, 2.24) is 10.2 Å². The molecule has 0 aromatic heterocycles. The molecule has 7 nitrogen and oxygen atoms in total. The van der Waals surface area contributed by atoms with E-state index < -0.39 is 28.5 Å². The molecule has 0 bridgehead atoms. The van der Waals surface area contributed by atoms with E-state index in [0.29, 0.717) is 21.6 Å². The first-order valence-corrected chi connectivity index (χ1v) is 16.4. The summed E-state index contributed by atoms with van der Waals surface area (Å²) in [6.45, 7) is 3.38. The first-order valence-electron chi connectivity index (χ1n) is 13.8. The Morgan fingerprint density at radius 2 is 1.68 bits per heavy atom. The fourth-order valence-corrected chi connectivity index (χ4v) is 6.99. The van der Waals surface area contributed by atoms with Crippen LogP contribution in [0.1, 0.15) is 50.2 Å². The number of hydrogen-bond acceptors (Lipinski definition) is 4. The molecule has 1 saturated carbocycles. The summed E-state index contributed by atoms with van der Waals surface area (Å²) in [5, 5.41) is 3.68. The van der Waals surface area contributed by atoms with E-state index in [1.54, 1.807) is 60.7 Å². The fraction of sp³-hybridized carbons (Fsp3) is 0.355. The summed E-state index contributed by atoms with van der Waals surface area (Å²) in [6.07, 6.45) is 4.33. The zero-order valence-electron chi connectivity index (χ0n) is 23.2. The number of benzene rings is 3. The van der Waals surface area contributed by atoms with Gasteiger partial charge in [0.1, 0.15) is 12.6 Å². The molecule has 1 N–H and O–H groups in total. The molecule has 1 aliphatic carbocycles. The number of nitrogens with one attached hydrogen (secondary N) is 1. The van der Waals surface area contributed by atoms with Gasteiger partial charge in [0.05, 0.1) is 10.6 Å². The summed E-state index contributed by atoms with van der Waals surface area (Å²) in [4.78, 5) is 29.2. The second-order valence-corrected chi connectivity index (χ2v) is 13.6. The average Bonchev–Trinajstić information content (AvgIpc) is 3.45. The van der Waals surface area contributed by atoms with E-state index in [9.17, 15) is 18.0 Å². The predicted molar refractivity (Wildman–Crippen MR) is 166 cm³/mol. The highest BCUT2D eigenvalue weighted by Gasteiger charge is 2.34. The fourth-order valence-electron chi connectivity index (χ4n) is 5.07. The Morgan fingerprint density at radius 1 is 1.02 bits per heavy atom. The molecule has 3 aromatic rings. The number of halogens is 2. The van der Waals surface area contributed by atoms with E-state index in [4.69, 9.17) is 11.6 Å². The molecule has 0 saturated heterocycles. The first-order chi connectivity index (χ1) is 19.6. The summed E-state index contributed by atoms with van der Waals surface area (Å²) in [7, 11) is -4.12. The monoisotopic (exact) mass is 659 g/mol. The smallest absolute Gasteiger partial charge is 0.264 e. The van der Waals surface area contributed by atoms with Crippen LogP contribution in [-0.4, -0.2) is 43.8 Å². The molecule has 1 aliphatic rings. The van der Waals surface area contributed by atoms with Gasteiger partial charge in [-0.1, -0.05) is 83.2 Å². The molecule has 10 heteroatoms. The van der Waals surface area contributed by atoms with Gasteiger partial charge in [0, 0.05) is 22.1 Å². The number of amides is 2. The van der Waals surface area contributed by atoms with Gasteiger partial charge < -0.3 is 10.2 Å². The molecule has 1 atom stereocenters. The van der Waals surface area contributed by atoms with Crippen molar-refractivity contribution in [3.8, 4) is 0 Å². The van der Waals surface area contributed by atoms with Gasteiger partial charge in [-0.05, 0) is 74.2 Å². The Morgan fingerprint density at radius 3 is 2.29 bits per heavy atom. The number of nitrogens with zero attached hydrogens (tertiary/aromatic N) is 2. The van der Waals surface area contributed by atoms with Crippen LogP contribution in [0.25, 0.3) is 0 Å². The van der Waals surface area contributed by atoms with Gasteiger partial charge in [-0.25, -0.2) is 8.42 Å². The van der Waals surface area contributed by atoms with E-state index in [1.165, 1.54) is 17.0 Å². The zero-order chi connectivity index (χ0) is 29.6. The van der Waals surface area contributed by atoms with Crippen LogP contribution >= 0.6 is 27.5 Å². The van der Waals surface area contributed by atoms with E-state index in [0.717, 1.165) is 41.1 Å². The number of sulfonamides is 1. The molecular formula is C31H35BrClN3O4S. The molecule has 1 fully saturated rings. The lowest BCUT2D eigenvalue weighted by atomic mass is 10.1. The van der Waals surface area contributed by atoms with Gasteiger partial charge in [-0.15, -0.1) is 0 Å². The molecule has 41 heavy (non-hydrogen) atoms. The molecule has 0 spiro atoms. The van der Waals surface area contributed by atoms with Crippen molar-refractivity contribution in [3.05, 3.63) is 93.4 Å². The number of rotatable bonds is 11. The highest BCUT2D eigenvalue weighted by Crippen LogP contribution is 2.28. The normalized spacial score (nSPS) is 14.4. The zero-order valence-corrected chi connectivity index (χ0v) is 26.4. The van der Waals surface area contributed by atoms with E-state index in [1.807, 2.05) is 13.8 Å². The largest absolute Gasteiger partial charge is 0.352 e. The molecule has 4 rings (SSSR count). The van der Waals surface area contributed by atoms with Gasteiger partial charge in [0.25, 0.3) is 10.0 Å². The van der Waals surface area contributed by atoms with Crippen molar-refractivity contribution < 1.29 is 18.0 Å². The van der Waals surface area contributed by atoms with Gasteiger partial charge >= 0.3 is 0 Å². The Kier molecular flexibility index (Phi) is 10.5. The quantitative estimate of drug-likeness (QED) is 0.255. The number of carbonyl (C=O) groups is 2. The number of carbonyl (C=O) groups excluding carboxylic acids is 2. The molecule has 2 amide bonds. The topological polar surface area (TPSA) is 86.8 Å². The van der Waals surface area contributed by atoms with E-state index in [-0.39, 0.29) is 23.4 Å². The van der Waals surface area contributed by atoms with Crippen LogP contribution in [0.4, 0.5) is 5.69 Å². The van der Waals surface area contributed by atoms with E-state index >= 15 is 0 Å². The van der Waals surface area contributed by atoms with Crippen LogP contribution in [0.2, 0.25) is 5.02 Å². The van der Waals surface area contributed by atoms with Crippen molar-refractivity contribution in [2.24, 2.45) is 0 Å². The second kappa shape index (κ2) is 13.9. The van der Waals surface area contributed by atoms with Crippen LogP contribution in [0, 0.1) is 6.92 Å². The van der Waals surface area contributed by atoms with Gasteiger partial charge in [-0.2, -0.15) is 0 Å². The number of anilines is 1. The lowest BCUT2D eigenvalue weighted by Crippen LogP contribution is -2.53. The van der Waals surface area contributed by atoms with Crippen LogP contribution in [0.3, 0.4) is 0 Å². The third-order valence-corrected chi connectivity index (χ3v) is 9.87. The standard InChI is InChI=1S/C31H35BrClN3O4S/c1-3-29(31(38)34-26-8-4-5-9-26)35(20-23-13-15-25(33)16-14-23)30(37)21-36(27-10-6-7-24(32)19-27)41(39,40)28-17-11-22(2)12-18-28/h6-7,10-19,26,29H,3-5,8-9,20-21H2,1-2H3,(H,34,38)/t29-/m1/s1. The minimum atomic E-state index is -4.12. The summed E-state index contributed by atoms with van der Waals surface area (Å²) >= 11 is 9.51. The van der Waals surface area contributed by atoms with Crippen molar-refractivity contribution in [1.29, 1.82) is 0 Å². The molecule has 3 aromatic carbocycles. The molecular weight excluding hydrogens is 626 g/mol. The van der Waals surface area contributed by atoms with Gasteiger partial charge in [0.2, 0.25) is 11.8 Å². The predicted octanol–water partition coefficient (Wildman–Crippen LogP) is 6.47. The van der Waals surface area contributed by atoms with Crippen LogP contribution < -0.4 is 9.62 Å². The lowest BCUT2D eigenvalue weighted by Gasteiger charge is -2.33. The first kappa shape index (κ1) is 31.1. The van der Waals surface area contributed by atoms with Crippen molar-refractivity contribution in [2.75, 3.05) is 10.8 Å². The number of aryl methyl sites for hydroxylation is 1. The second-order valence-electron chi connectivity index (χ2n) is 10.4. The molecule has 218 valence electrons. The van der Waals surface area contributed by atoms with Crippen molar-refractivity contribution >= 4 is 55.1 Å². The lowest BCUT2D eigenvalue weighted by molar-refractivity contribution is -0.140. The highest BCUT2D eigenvalue weighted by atomic mass is 79.9. The van der Waals surface area contributed by atoms with Crippen LogP contribution in [-0.2, 0) is 26.2 Å². The molecule has 0 unspecified atom stereocenters. The third kappa shape index (κ3) is 7.90. The van der Waals surface area contributed by atoms with E-state index in [2.05, 4.69) is 21.2 Å². The Hall–Kier alpha value is -2.88. The third-order valence-electron chi connectivity index (χ3n) is 7.34. The minimum absolute atomic E-state index is 0.0751. The summed E-state index contributed by atoms with van der Waals surface area (Å²) in [6, 6.07) is 19.7. The molecule has 0 radical (unpaired) electrons. The van der Waals surface area contributed by atoms with Gasteiger partial charge in [0.15, 0.2) is 0 Å². The molecule has 0 heterocycles. The maximum Gasteiger partial charge on any atom is 0.264 e. The Bertz CT molecular complexity index is 1460. The van der Waals surface area contributed by atoms with Crippen LogP contribution in [0.5, 0.6) is 0 Å². The Labute approximate surface area is 256 Å². The Balaban J connectivity index is 1.71. The van der Waals surface area contributed by atoms with Crippen molar-refractivity contribution in [2.45, 2.75) is 69.5 Å². The summed E-state index contributed by atoms with van der Waals surface area (Å²) in [5.74, 6) is -0.707. The SMILES string of the molecule is CC[C@H](C(=O)NC1CCCC1)N(Cc1ccc(Cl)cc1)C(=O)CN(c1cccc(Br)c1)S(=O)(=O)c1ccc(C)cc1. The summed E-state index contributed by atoms with van der Waals surface area (Å²) in [5.41, 5.74) is 2.04. The summed E-state index contributed by atoms with van der Waals surface area (Å²) < 4.78 is 29.7. The highest BCUT2D eigenvalue weighted by molar-refractivity contribution is 9.10. The van der Waals surface area contributed by atoms with Crippen molar-refractivity contribution in [3.63, 3.8) is 0 Å².